The van der Waals surface area contributed by atoms with E-state index in [4.69, 9.17) is 0 Å². The van der Waals surface area contributed by atoms with Gasteiger partial charge in [0, 0.05) is 18.2 Å². The number of hydrogen-bond acceptors (Lipinski definition) is 4. The quantitative estimate of drug-likeness (QED) is 0.872. The van der Waals surface area contributed by atoms with Gasteiger partial charge in [-0.1, -0.05) is 29.8 Å². The first-order chi connectivity index (χ1) is 12.4. The third-order valence-electron chi connectivity index (χ3n) is 5.08. The number of hydrogen-bond donors (Lipinski definition) is 1. The van der Waals surface area contributed by atoms with E-state index in [9.17, 15) is 13.2 Å². The SMILES string of the molecule is Cc1cccc(CNC(=O)c2cc(C3CC3)n(C3CCS(=O)(=O)C3)n2)c1. The number of carbonyl (C=O) groups excluding carboxylic acids is 1. The molecule has 7 heteroatoms. The monoisotopic (exact) mass is 373 g/mol. The molecule has 1 saturated heterocycles. The molecule has 1 unspecified atom stereocenters. The highest BCUT2D eigenvalue weighted by molar-refractivity contribution is 7.91. The fraction of sp³-hybridized carbons (Fsp3) is 0.474. The fourth-order valence-electron chi connectivity index (χ4n) is 3.56. The van der Waals surface area contributed by atoms with Gasteiger partial charge < -0.3 is 5.32 Å². The van der Waals surface area contributed by atoms with E-state index in [-0.39, 0.29) is 23.5 Å². The van der Waals surface area contributed by atoms with Gasteiger partial charge in [-0.05, 0) is 37.8 Å². The van der Waals surface area contributed by atoms with E-state index in [1.54, 1.807) is 0 Å². The number of aromatic nitrogens is 2. The molecule has 1 aromatic heterocycles. The molecule has 1 aliphatic carbocycles. The van der Waals surface area contributed by atoms with Crippen molar-refractivity contribution < 1.29 is 13.2 Å². The molecule has 0 radical (unpaired) electrons. The number of benzene rings is 1. The minimum Gasteiger partial charge on any atom is -0.347 e. The molecule has 4 rings (SSSR count). The van der Waals surface area contributed by atoms with Crippen LogP contribution >= 0.6 is 0 Å². The predicted octanol–water partition coefficient (Wildman–Crippen LogP) is 2.36. The molecule has 2 aliphatic rings. The molecule has 0 bridgehead atoms. The van der Waals surface area contributed by atoms with Crippen molar-refractivity contribution in [3.63, 3.8) is 0 Å². The highest BCUT2D eigenvalue weighted by atomic mass is 32.2. The molecule has 1 N–H and O–H groups in total. The average molecular weight is 373 g/mol. The van der Waals surface area contributed by atoms with E-state index in [0.717, 1.165) is 29.7 Å². The van der Waals surface area contributed by atoms with Crippen LogP contribution in [0.15, 0.2) is 30.3 Å². The summed E-state index contributed by atoms with van der Waals surface area (Å²) in [6.45, 7) is 2.47. The number of sulfone groups is 1. The molecule has 1 saturated carbocycles. The normalized spacial score (nSPS) is 21.7. The van der Waals surface area contributed by atoms with Crippen LogP contribution in [0.5, 0.6) is 0 Å². The maximum Gasteiger partial charge on any atom is 0.272 e. The summed E-state index contributed by atoms with van der Waals surface area (Å²) >= 11 is 0. The summed E-state index contributed by atoms with van der Waals surface area (Å²) in [5.74, 6) is 0.520. The minimum atomic E-state index is -2.99. The lowest BCUT2D eigenvalue weighted by atomic mass is 10.1. The van der Waals surface area contributed by atoms with Gasteiger partial charge in [0.15, 0.2) is 9.84 Å². The summed E-state index contributed by atoms with van der Waals surface area (Å²) in [6.07, 6.45) is 2.74. The van der Waals surface area contributed by atoms with Crippen LogP contribution in [0.4, 0.5) is 0 Å². The lowest BCUT2D eigenvalue weighted by molar-refractivity contribution is 0.0945. The lowest BCUT2D eigenvalue weighted by Crippen LogP contribution is -2.24. The summed E-state index contributed by atoms with van der Waals surface area (Å²) in [5.41, 5.74) is 3.58. The molecular formula is C19H23N3O3S. The number of amides is 1. The Morgan fingerprint density at radius 2 is 2.08 bits per heavy atom. The molecule has 138 valence electrons. The number of carbonyl (C=O) groups is 1. The maximum atomic E-state index is 12.5. The number of nitrogens with zero attached hydrogens (tertiary/aromatic N) is 2. The zero-order valence-corrected chi connectivity index (χ0v) is 15.6. The van der Waals surface area contributed by atoms with Crippen molar-refractivity contribution in [1.82, 2.24) is 15.1 Å². The zero-order valence-electron chi connectivity index (χ0n) is 14.8. The number of rotatable bonds is 5. The summed E-state index contributed by atoms with van der Waals surface area (Å²) in [4.78, 5) is 12.5. The Morgan fingerprint density at radius 1 is 1.27 bits per heavy atom. The van der Waals surface area contributed by atoms with Crippen LogP contribution in [0.3, 0.4) is 0 Å². The predicted molar refractivity (Wildman–Crippen MR) is 98.9 cm³/mol. The Labute approximate surface area is 153 Å². The number of aryl methyl sites for hydroxylation is 1. The van der Waals surface area contributed by atoms with Crippen LogP contribution in [0.25, 0.3) is 0 Å². The molecule has 2 heterocycles. The first-order valence-corrected chi connectivity index (χ1v) is 10.9. The van der Waals surface area contributed by atoms with Gasteiger partial charge in [-0.25, -0.2) is 8.42 Å². The molecule has 2 fully saturated rings. The van der Waals surface area contributed by atoms with Crippen molar-refractivity contribution in [3.8, 4) is 0 Å². The molecule has 0 spiro atoms. The molecule has 26 heavy (non-hydrogen) atoms. The Morgan fingerprint density at radius 3 is 2.73 bits per heavy atom. The van der Waals surface area contributed by atoms with Crippen molar-refractivity contribution >= 4 is 15.7 Å². The van der Waals surface area contributed by atoms with Crippen molar-refractivity contribution in [1.29, 1.82) is 0 Å². The van der Waals surface area contributed by atoms with Gasteiger partial charge in [0.25, 0.3) is 5.91 Å². The second-order valence-corrected chi connectivity index (χ2v) is 9.63. The van der Waals surface area contributed by atoms with Gasteiger partial charge in [-0.3, -0.25) is 9.48 Å². The number of nitrogens with one attached hydrogen (secondary N) is 1. The Hall–Kier alpha value is -2.15. The molecule has 6 nitrogen and oxygen atoms in total. The van der Waals surface area contributed by atoms with Crippen LogP contribution in [-0.2, 0) is 16.4 Å². The second kappa shape index (κ2) is 6.54. The highest BCUT2D eigenvalue weighted by Gasteiger charge is 2.36. The minimum absolute atomic E-state index is 0.124. The van der Waals surface area contributed by atoms with Gasteiger partial charge in [0.05, 0.1) is 17.5 Å². The molecule has 2 aromatic rings. The summed E-state index contributed by atoms with van der Waals surface area (Å²) in [5, 5.41) is 7.41. The second-order valence-electron chi connectivity index (χ2n) is 7.40. The van der Waals surface area contributed by atoms with Crippen molar-refractivity contribution in [3.05, 3.63) is 52.8 Å². The van der Waals surface area contributed by atoms with E-state index in [1.165, 1.54) is 0 Å². The molecule has 1 aromatic carbocycles. The fourth-order valence-corrected chi connectivity index (χ4v) is 5.25. The van der Waals surface area contributed by atoms with Crippen LogP contribution in [-0.4, -0.2) is 35.6 Å². The van der Waals surface area contributed by atoms with Crippen molar-refractivity contribution in [2.75, 3.05) is 11.5 Å². The van der Waals surface area contributed by atoms with Crippen LogP contribution in [0, 0.1) is 6.92 Å². The molecule has 1 atom stereocenters. The Bertz CT molecular complexity index is 945. The molecule has 1 amide bonds. The van der Waals surface area contributed by atoms with E-state index in [1.807, 2.05) is 41.9 Å². The summed E-state index contributed by atoms with van der Waals surface area (Å²) in [6, 6.07) is 9.70. The first kappa shape index (κ1) is 17.3. The van der Waals surface area contributed by atoms with Crippen LogP contribution in [0.1, 0.15) is 58.5 Å². The van der Waals surface area contributed by atoms with Crippen LogP contribution in [0.2, 0.25) is 0 Å². The third kappa shape index (κ3) is 3.67. The van der Waals surface area contributed by atoms with Gasteiger partial charge in [-0.2, -0.15) is 5.10 Å². The standard InChI is InChI=1S/C19H23N3O3S/c1-13-3-2-4-14(9-13)11-20-19(23)17-10-18(15-5-6-15)22(21-17)16-7-8-26(24,25)12-16/h2-4,9-10,15-16H,5-8,11-12H2,1H3,(H,20,23). The highest BCUT2D eigenvalue weighted by Crippen LogP contribution is 2.42. The zero-order chi connectivity index (χ0) is 18.3. The van der Waals surface area contributed by atoms with E-state index in [2.05, 4.69) is 10.4 Å². The Kier molecular flexibility index (Phi) is 4.34. The maximum absolute atomic E-state index is 12.5. The van der Waals surface area contributed by atoms with E-state index in [0.29, 0.717) is 24.6 Å². The Balaban J connectivity index is 1.51. The smallest absolute Gasteiger partial charge is 0.272 e. The third-order valence-corrected chi connectivity index (χ3v) is 6.83. The lowest BCUT2D eigenvalue weighted by Gasteiger charge is -2.12. The van der Waals surface area contributed by atoms with E-state index >= 15 is 0 Å². The van der Waals surface area contributed by atoms with Gasteiger partial charge in [0.2, 0.25) is 0 Å². The van der Waals surface area contributed by atoms with Gasteiger partial charge in [-0.15, -0.1) is 0 Å². The van der Waals surface area contributed by atoms with E-state index < -0.39 is 9.84 Å². The van der Waals surface area contributed by atoms with Gasteiger partial charge in [0.1, 0.15) is 5.69 Å². The summed E-state index contributed by atoms with van der Waals surface area (Å²) in [7, 11) is -2.99. The average Bonchev–Trinajstić information content (AvgIpc) is 3.24. The topological polar surface area (TPSA) is 81.1 Å². The largest absolute Gasteiger partial charge is 0.347 e. The first-order valence-electron chi connectivity index (χ1n) is 9.05. The molecular weight excluding hydrogens is 350 g/mol. The summed E-state index contributed by atoms with van der Waals surface area (Å²) < 4.78 is 25.4. The van der Waals surface area contributed by atoms with Crippen molar-refractivity contribution in [2.24, 2.45) is 0 Å². The van der Waals surface area contributed by atoms with Gasteiger partial charge >= 0.3 is 0 Å². The van der Waals surface area contributed by atoms with Crippen LogP contribution < -0.4 is 5.32 Å². The molecule has 1 aliphatic heterocycles. The van der Waals surface area contributed by atoms with Crippen molar-refractivity contribution in [2.45, 2.75) is 44.7 Å².